The van der Waals surface area contributed by atoms with Crippen LogP contribution in [-0.2, 0) is 9.53 Å². The predicted molar refractivity (Wildman–Crippen MR) is 48.1 cm³/mol. The standard InChI is InChI=1S/C5H5N.C4H7NO2/c1-2-4-6-5-3-1;6-4-3-5-1-2-7-4/h1-5H;5H,1-3H2. The molecule has 1 aliphatic heterocycles. The van der Waals surface area contributed by atoms with Crippen LogP contribution in [0.15, 0.2) is 30.6 Å². The molecule has 1 fully saturated rings. The van der Waals surface area contributed by atoms with Crippen molar-refractivity contribution in [3.63, 3.8) is 0 Å². The monoisotopic (exact) mass is 180 g/mol. The van der Waals surface area contributed by atoms with Gasteiger partial charge in [0, 0.05) is 18.9 Å². The summed E-state index contributed by atoms with van der Waals surface area (Å²) in [5, 5.41) is 2.86. The van der Waals surface area contributed by atoms with Crippen molar-refractivity contribution in [2.45, 2.75) is 0 Å². The number of nitrogens with zero attached hydrogens (tertiary/aromatic N) is 1. The van der Waals surface area contributed by atoms with Gasteiger partial charge in [-0.05, 0) is 12.1 Å². The predicted octanol–water partition coefficient (Wildman–Crippen LogP) is 0.214. The van der Waals surface area contributed by atoms with E-state index in [9.17, 15) is 4.79 Å². The Morgan fingerprint density at radius 3 is 2.31 bits per heavy atom. The van der Waals surface area contributed by atoms with Crippen molar-refractivity contribution < 1.29 is 9.53 Å². The molecule has 1 aliphatic rings. The van der Waals surface area contributed by atoms with Crippen molar-refractivity contribution in [1.29, 1.82) is 0 Å². The first-order chi connectivity index (χ1) is 6.39. The van der Waals surface area contributed by atoms with Crippen molar-refractivity contribution >= 4 is 5.97 Å². The number of aromatic nitrogens is 1. The van der Waals surface area contributed by atoms with E-state index in [2.05, 4.69) is 15.0 Å². The zero-order valence-corrected chi connectivity index (χ0v) is 7.27. The Labute approximate surface area is 76.9 Å². The molecule has 0 aliphatic carbocycles. The molecule has 1 aromatic rings. The summed E-state index contributed by atoms with van der Waals surface area (Å²) in [5.74, 6) is -0.147. The third-order valence-electron chi connectivity index (χ3n) is 1.38. The van der Waals surface area contributed by atoms with Gasteiger partial charge in [-0.15, -0.1) is 0 Å². The molecule has 0 spiro atoms. The van der Waals surface area contributed by atoms with E-state index >= 15 is 0 Å². The molecule has 1 N–H and O–H groups in total. The molecule has 0 saturated carbocycles. The number of hydrogen-bond donors (Lipinski definition) is 1. The van der Waals surface area contributed by atoms with Crippen LogP contribution in [0.4, 0.5) is 0 Å². The summed E-state index contributed by atoms with van der Waals surface area (Å²) in [4.78, 5) is 14.0. The molecule has 70 valence electrons. The molecule has 4 heteroatoms. The molecule has 4 nitrogen and oxygen atoms in total. The average Bonchev–Trinajstić information content (AvgIpc) is 2.22. The van der Waals surface area contributed by atoms with Crippen LogP contribution in [0.3, 0.4) is 0 Å². The zero-order valence-electron chi connectivity index (χ0n) is 7.27. The fourth-order valence-electron chi connectivity index (χ4n) is 0.791. The van der Waals surface area contributed by atoms with Crippen LogP contribution in [0.5, 0.6) is 0 Å². The smallest absolute Gasteiger partial charge is 0.319 e. The molecular formula is C9H12N2O2. The van der Waals surface area contributed by atoms with Gasteiger partial charge in [-0.2, -0.15) is 0 Å². The summed E-state index contributed by atoms with van der Waals surface area (Å²) in [6, 6.07) is 5.72. The van der Waals surface area contributed by atoms with Crippen molar-refractivity contribution in [3.05, 3.63) is 30.6 Å². The summed E-state index contributed by atoms with van der Waals surface area (Å²) in [6.07, 6.45) is 3.50. The number of nitrogens with one attached hydrogen (secondary N) is 1. The topological polar surface area (TPSA) is 51.2 Å². The molecule has 13 heavy (non-hydrogen) atoms. The van der Waals surface area contributed by atoms with Gasteiger partial charge >= 0.3 is 5.97 Å². The van der Waals surface area contributed by atoms with E-state index in [-0.39, 0.29) is 5.97 Å². The van der Waals surface area contributed by atoms with Gasteiger partial charge in [0.1, 0.15) is 6.61 Å². The van der Waals surface area contributed by atoms with E-state index in [1.165, 1.54) is 0 Å². The highest BCUT2D eigenvalue weighted by Gasteiger charge is 2.05. The zero-order chi connectivity index (χ0) is 9.36. The lowest BCUT2D eigenvalue weighted by atomic mass is 10.5. The first-order valence-corrected chi connectivity index (χ1v) is 4.11. The van der Waals surface area contributed by atoms with Gasteiger partial charge in [0.15, 0.2) is 0 Å². The SMILES string of the molecule is O=C1CNCCO1.c1ccncc1. The van der Waals surface area contributed by atoms with Crippen LogP contribution in [-0.4, -0.2) is 30.6 Å². The highest BCUT2D eigenvalue weighted by atomic mass is 16.5. The van der Waals surface area contributed by atoms with Gasteiger partial charge in [-0.25, -0.2) is 0 Å². The summed E-state index contributed by atoms with van der Waals surface area (Å²) in [5.41, 5.74) is 0. The van der Waals surface area contributed by atoms with Crippen LogP contribution in [0.1, 0.15) is 0 Å². The summed E-state index contributed by atoms with van der Waals surface area (Å²) in [6.45, 7) is 1.70. The second-order valence-electron chi connectivity index (χ2n) is 2.42. The first kappa shape index (κ1) is 9.67. The van der Waals surface area contributed by atoms with E-state index in [4.69, 9.17) is 0 Å². The summed E-state index contributed by atoms with van der Waals surface area (Å²) in [7, 11) is 0. The molecule has 1 aromatic heterocycles. The Bertz CT molecular complexity index is 204. The molecule has 2 rings (SSSR count). The van der Waals surface area contributed by atoms with Crippen molar-refractivity contribution in [3.8, 4) is 0 Å². The maximum Gasteiger partial charge on any atom is 0.319 e. The molecule has 0 atom stereocenters. The average molecular weight is 180 g/mol. The van der Waals surface area contributed by atoms with E-state index < -0.39 is 0 Å². The van der Waals surface area contributed by atoms with Crippen molar-refractivity contribution in [2.24, 2.45) is 0 Å². The third kappa shape index (κ3) is 4.92. The van der Waals surface area contributed by atoms with Crippen molar-refractivity contribution in [1.82, 2.24) is 10.3 Å². The highest BCUT2D eigenvalue weighted by molar-refractivity contribution is 5.72. The fourth-order valence-corrected chi connectivity index (χ4v) is 0.791. The molecule has 2 heterocycles. The van der Waals surface area contributed by atoms with Gasteiger partial charge in [0.05, 0.1) is 6.54 Å². The maximum atomic E-state index is 10.2. The Hall–Kier alpha value is -1.42. The van der Waals surface area contributed by atoms with E-state index in [0.29, 0.717) is 13.2 Å². The maximum absolute atomic E-state index is 10.2. The lowest BCUT2D eigenvalue weighted by Crippen LogP contribution is -2.34. The second-order valence-corrected chi connectivity index (χ2v) is 2.42. The second kappa shape index (κ2) is 6.14. The van der Waals surface area contributed by atoms with Gasteiger partial charge in [0.2, 0.25) is 0 Å². The van der Waals surface area contributed by atoms with Crippen LogP contribution in [0, 0.1) is 0 Å². The third-order valence-corrected chi connectivity index (χ3v) is 1.38. The minimum absolute atomic E-state index is 0.147. The number of carbonyl (C=O) groups is 1. The normalized spacial score (nSPS) is 15.2. The van der Waals surface area contributed by atoms with Gasteiger partial charge in [-0.3, -0.25) is 9.78 Å². The van der Waals surface area contributed by atoms with Crippen LogP contribution in [0.25, 0.3) is 0 Å². The quantitative estimate of drug-likeness (QED) is 0.580. The number of morpholine rings is 1. The fraction of sp³-hybridized carbons (Fsp3) is 0.333. The number of carbonyl (C=O) groups excluding carboxylic acids is 1. The van der Waals surface area contributed by atoms with Crippen LogP contribution < -0.4 is 5.32 Å². The number of esters is 1. The minimum Gasteiger partial charge on any atom is -0.463 e. The Kier molecular flexibility index (Phi) is 4.56. The van der Waals surface area contributed by atoms with Crippen LogP contribution >= 0.6 is 0 Å². The summed E-state index contributed by atoms with van der Waals surface area (Å²) >= 11 is 0. The highest BCUT2D eigenvalue weighted by Crippen LogP contribution is 1.80. The van der Waals surface area contributed by atoms with E-state index in [1.54, 1.807) is 12.4 Å². The Morgan fingerprint density at radius 1 is 1.31 bits per heavy atom. The molecule has 0 aromatic carbocycles. The number of pyridine rings is 1. The van der Waals surface area contributed by atoms with Gasteiger partial charge in [0.25, 0.3) is 0 Å². The molecule has 0 bridgehead atoms. The number of cyclic esters (lactones) is 1. The Morgan fingerprint density at radius 2 is 2.08 bits per heavy atom. The largest absolute Gasteiger partial charge is 0.463 e. The number of rotatable bonds is 0. The lowest BCUT2D eigenvalue weighted by Gasteiger charge is -2.10. The summed E-state index contributed by atoms with van der Waals surface area (Å²) < 4.78 is 4.58. The van der Waals surface area contributed by atoms with E-state index in [0.717, 1.165) is 6.54 Å². The van der Waals surface area contributed by atoms with Crippen molar-refractivity contribution in [2.75, 3.05) is 19.7 Å². The lowest BCUT2D eigenvalue weighted by molar-refractivity contribution is -0.144. The molecule has 0 radical (unpaired) electrons. The molecule has 0 amide bonds. The number of hydrogen-bond acceptors (Lipinski definition) is 4. The minimum atomic E-state index is -0.147. The molecule has 1 saturated heterocycles. The Balaban J connectivity index is 0.000000132. The number of ether oxygens (including phenoxy) is 1. The first-order valence-electron chi connectivity index (χ1n) is 4.11. The molecule has 0 unspecified atom stereocenters. The van der Waals surface area contributed by atoms with Crippen LogP contribution in [0.2, 0.25) is 0 Å². The van der Waals surface area contributed by atoms with Gasteiger partial charge < -0.3 is 10.1 Å². The van der Waals surface area contributed by atoms with Gasteiger partial charge in [-0.1, -0.05) is 6.07 Å². The van der Waals surface area contributed by atoms with E-state index in [1.807, 2.05) is 18.2 Å². The molecular weight excluding hydrogens is 168 g/mol.